The van der Waals surface area contributed by atoms with Crippen molar-refractivity contribution in [2.75, 3.05) is 0 Å². The van der Waals surface area contributed by atoms with E-state index in [0.29, 0.717) is 0 Å². The van der Waals surface area contributed by atoms with Crippen LogP contribution in [0.25, 0.3) is 22.8 Å². The van der Waals surface area contributed by atoms with Crippen LogP contribution in [-0.4, -0.2) is 0 Å². The zero-order chi connectivity index (χ0) is 16.8. The largest absolute Gasteiger partial charge is 0.462 e. The summed E-state index contributed by atoms with van der Waals surface area (Å²) >= 11 is 6.06. The maximum Gasteiger partial charge on any atom is 0.130 e. The summed E-state index contributed by atoms with van der Waals surface area (Å²) in [6, 6.07) is 14.4. The Hall–Kier alpha value is -1.37. The fourth-order valence-electron chi connectivity index (χ4n) is 3.32. The van der Waals surface area contributed by atoms with Gasteiger partial charge in [-0.1, -0.05) is 29.8 Å². The molecule has 0 atom stereocenters. The molecule has 1 aliphatic rings. The maximum atomic E-state index is 6.06. The molecule has 1 aliphatic carbocycles. The first kappa shape index (κ1) is 18.4. The molecule has 1 nitrogen and oxygen atoms in total. The summed E-state index contributed by atoms with van der Waals surface area (Å²) in [6.07, 6.45) is 4.43. The minimum atomic E-state index is 0. The second-order valence-corrected chi connectivity index (χ2v) is 6.79. The number of allylic oxidation sites excluding steroid dienone is 1. The Kier molecular flexibility index (Phi) is 5.23. The van der Waals surface area contributed by atoms with Crippen LogP contribution in [0.3, 0.4) is 0 Å². The number of aryl methyl sites for hydroxylation is 2. The fraction of sp³-hybridized carbons (Fsp3) is 0.136. The van der Waals surface area contributed by atoms with Gasteiger partial charge in [0.2, 0.25) is 0 Å². The SMILES string of the molecule is Cc1ccc(C2=Cc3c(cc(C)c(C)c3-c3ccc(Cl)cc3)[CH]2)o1.[Zr]. The molecule has 123 valence electrons. The topological polar surface area (TPSA) is 13.1 Å². The molecule has 3 heteroatoms. The van der Waals surface area contributed by atoms with Gasteiger partial charge in [0.05, 0.1) is 0 Å². The van der Waals surface area contributed by atoms with E-state index in [4.69, 9.17) is 16.0 Å². The zero-order valence-electron chi connectivity index (χ0n) is 14.5. The molecule has 3 aromatic rings. The van der Waals surface area contributed by atoms with Crippen molar-refractivity contribution in [1.29, 1.82) is 0 Å². The molecule has 0 unspecified atom stereocenters. The molecule has 0 aliphatic heterocycles. The molecule has 0 amide bonds. The first-order valence-corrected chi connectivity index (χ1v) is 8.44. The van der Waals surface area contributed by atoms with Crippen molar-refractivity contribution in [3.8, 4) is 11.1 Å². The van der Waals surface area contributed by atoms with E-state index in [2.05, 4.69) is 44.5 Å². The quantitative estimate of drug-likeness (QED) is 0.450. The van der Waals surface area contributed by atoms with Gasteiger partial charge in [0.25, 0.3) is 0 Å². The van der Waals surface area contributed by atoms with E-state index in [1.165, 1.54) is 33.4 Å². The fourth-order valence-corrected chi connectivity index (χ4v) is 3.45. The van der Waals surface area contributed by atoms with Crippen molar-refractivity contribution in [1.82, 2.24) is 0 Å². The third-order valence-corrected chi connectivity index (χ3v) is 4.94. The molecule has 25 heavy (non-hydrogen) atoms. The molecule has 1 radical (unpaired) electrons. The van der Waals surface area contributed by atoms with Crippen LogP contribution in [0.4, 0.5) is 0 Å². The maximum absolute atomic E-state index is 6.06. The molecule has 0 N–H and O–H groups in total. The summed E-state index contributed by atoms with van der Waals surface area (Å²) in [5.41, 5.74) is 8.68. The minimum absolute atomic E-state index is 0. The summed E-state index contributed by atoms with van der Waals surface area (Å²) < 4.78 is 5.80. The van der Waals surface area contributed by atoms with Crippen molar-refractivity contribution in [3.63, 3.8) is 0 Å². The van der Waals surface area contributed by atoms with E-state index in [1.807, 2.05) is 31.2 Å². The second-order valence-electron chi connectivity index (χ2n) is 6.36. The number of furan rings is 1. The van der Waals surface area contributed by atoms with Crippen molar-refractivity contribution in [2.24, 2.45) is 0 Å². The molecular formula is C22H18ClOZr. The number of hydrogen-bond donors (Lipinski definition) is 0. The number of hydrogen-bond acceptors (Lipinski definition) is 1. The first-order chi connectivity index (χ1) is 11.5. The average molecular weight is 425 g/mol. The van der Waals surface area contributed by atoms with E-state index in [0.717, 1.165) is 22.1 Å². The van der Waals surface area contributed by atoms with Gasteiger partial charge in [-0.3, -0.25) is 0 Å². The van der Waals surface area contributed by atoms with Crippen LogP contribution in [0, 0.1) is 27.2 Å². The molecule has 0 fully saturated rings. The number of benzene rings is 2. The summed E-state index contributed by atoms with van der Waals surface area (Å²) in [6.45, 7) is 6.32. The van der Waals surface area contributed by atoms with Crippen LogP contribution in [0.15, 0.2) is 46.9 Å². The Labute approximate surface area is 172 Å². The van der Waals surface area contributed by atoms with Gasteiger partial charge < -0.3 is 4.42 Å². The third-order valence-electron chi connectivity index (χ3n) is 4.69. The molecule has 2 aromatic carbocycles. The Morgan fingerprint density at radius 1 is 0.920 bits per heavy atom. The van der Waals surface area contributed by atoms with Crippen LogP contribution in [0.2, 0.25) is 5.02 Å². The van der Waals surface area contributed by atoms with Crippen LogP contribution in [0.1, 0.15) is 33.8 Å². The summed E-state index contributed by atoms with van der Waals surface area (Å²) in [5.74, 6) is 1.85. The average Bonchev–Trinajstić information content (AvgIpc) is 3.16. The van der Waals surface area contributed by atoms with E-state index in [1.54, 1.807) is 0 Å². The standard InChI is InChI=1S/C22H18ClO.Zr/c1-13-10-17-11-18(21-9-4-14(2)24-21)12-20(17)22(15(13)3)16-5-7-19(23)8-6-16;/h4-12H,1-3H3;. The Morgan fingerprint density at radius 3 is 2.28 bits per heavy atom. The van der Waals surface area contributed by atoms with Gasteiger partial charge in [-0.15, -0.1) is 0 Å². The van der Waals surface area contributed by atoms with E-state index in [-0.39, 0.29) is 26.2 Å². The van der Waals surface area contributed by atoms with Crippen molar-refractivity contribution >= 4 is 23.3 Å². The van der Waals surface area contributed by atoms with Gasteiger partial charge in [0, 0.05) is 43.2 Å². The molecule has 0 saturated carbocycles. The molecular weight excluding hydrogens is 407 g/mol. The first-order valence-electron chi connectivity index (χ1n) is 8.06. The molecule has 0 spiro atoms. The van der Waals surface area contributed by atoms with Gasteiger partial charge in [-0.25, -0.2) is 0 Å². The predicted molar refractivity (Wildman–Crippen MR) is 101 cm³/mol. The van der Waals surface area contributed by atoms with E-state index < -0.39 is 0 Å². The zero-order valence-corrected chi connectivity index (χ0v) is 17.7. The van der Waals surface area contributed by atoms with E-state index in [9.17, 15) is 0 Å². The van der Waals surface area contributed by atoms with Crippen molar-refractivity contribution < 1.29 is 30.6 Å². The molecule has 1 aromatic heterocycles. The van der Waals surface area contributed by atoms with E-state index >= 15 is 0 Å². The van der Waals surface area contributed by atoms with Crippen molar-refractivity contribution in [2.45, 2.75) is 20.8 Å². The van der Waals surface area contributed by atoms with Crippen molar-refractivity contribution in [3.05, 3.63) is 87.7 Å². The monoisotopic (exact) mass is 423 g/mol. The Balaban J connectivity index is 0.00000182. The van der Waals surface area contributed by atoms with Gasteiger partial charge in [0.1, 0.15) is 11.5 Å². The number of rotatable bonds is 2. The van der Waals surface area contributed by atoms with Crippen LogP contribution in [-0.2, 0) is 26.2 Å². The third kappa shape index (κ3) is 3.35. The van der Waals surface area contributed by atoms with Gasteiger partial charge >= 0.3 is 0 Å². The number of halogens is 1. The normalized spacial score (nSPS) is 12.6. The van der Waals surface area contributed by atoms with Crippen LogP contribution < -0.4 is 0 Å². The van der Waals surface area contributed by atoms with Gasteiger partial charge in [-0.05, 0) is 84.5 Å². The summed E-state index contributed by atoms with van der Waals surface area (Å²) in [4.78, 5) is 0. The number of fused-ring (bicyclic) bond motifs is 1. The molecule has 0 bridgehead atoms. The Bertz CT molecular complexity index is 964. The Morgan fingerprint density at radius 2 is 1.64 bits per heavy atom. The van der Waals surface area contributed by atoms with Crippen LogP contribution >= 0.6 is 11.6 Å². The minimum Gasteiger partial charge on any atom is -0.462 e. The van der Waals surface area contributed by atoms with Crippen LogP contribution in [0.5, 0.6) is 0 Å². The summed E-state index contributed by atoms with van der Waals surface area (Å²) in [5, 5.41) is 0.759. The molecule has 4 rings (SSSR count). The molecule has 1 heterocycles. The molecule has 0 saturated heterocycles. The predicted octanol–water partition coefficient (Wildman–Crippen LogP) is 6.63. The summed E-state index contributed by atoms with van der Waals surface area (Å²) in [7, 11) is 0. The van der Waals surface area contributed by atoms with Gasteiger partial charge in [-0.2, -0.15) is 0 Å². The van der Waals surface area contributed by atoms with Gasteiger partial charge in [0.15, 0.2) is 0 Å². The second kappa shape index (κ2) is 7.10. The smallest absolute Gasteiger partial charge is 0.130 e.